The van der Waals surface area contributed by atoms with Gasteiger partial charge in [-0.3, -0.25) is 0 Å². The summed E-state index contributed by atoms with van der Waals surface area (Å²) < 4.78 is 12.4. The number of nitrogen functional groups attached to an aromatic ring is 2. The minimum Gasteiger partial charge on any atom is -0.480 e. The van der Waals surface area contributed by atoms with Gasteiger partial charge in [0.1, 0.15) is 0 Å². The quantitative estimate of drug-likeness (QED) is 0.853. The maximum atomic E-state index is 5.72. The zero-order valence-corrected chi connectivity index (χ0v) is 11.0. The first kappa shape index (κ1) is 12.9. The van der Waals surface area contributed by atoms with Gasteiger partial charge in [-0.25, -0.2) is 9.67 Å². The highest BCUT2D eigenvalue weighted by molar-refractivity contribution is 5.48. The van der Waals surface area contributed by atoms with Crippen molar-refractivity contribution in [3.63, 3.8) is 0 Å². The van der Waals surface area contributed by atoms with Crippen LogP contribution in [0.3, 0.4) is 0 Å². The Morgan fingerprint density at radius 2 is 2.05 bits per heavy atom. The van der Waals surface area contributed by atoms with E-state index in [4.69, 9.17) is 20.9 Å². The molecule has 0 spiro atoms. The smallest absolute Gasteiger partial charge is 0.236 e. The zero-order chi connectivity index (χ0) is 14.0. The van der Waals surface area contributed by atoms with E-state index in [2.05, 4.69) is 15.1 Å². The lowest BCUT2D eigenvalue weighted by molar-refractivity contribution is 0.367. The molecular weight excluding hydrogens is 248 g/mol. The summed E-state index contributed by atoms with van der Waals surface area (Å²) in [7, 11) is 1.54. The first-order valence-corrected chi connectivity index (χ1v) is 5.70. The van der Waals surface area contributed by atoms with Crippen molar-refractivity contribution >= 4 is 11.8 Å². The van der Waals surface area contributed by atoms with Gasteiger partial charge in [-0.2, -0.15) is 4.98 Å². The predicted octanol–water partition coefficient (Wildman–Crippen LogP) is 1.22. The first-order valence-electron chi connectivity index (χ1n) is 5.70. The Kier molecular flexibility index (Phi) is 3.41. The number of ether oxygens (including phenoxy) is 2. The number of hydrogen-bond donors (Lipinski definition) is 2. The summed E-state index contributed by atoms with van der Waals surface area (Å²) in [6, 6.07) is 1.77. The highest BCUT2D eigenvalue weighted by atomic mass is 16.5. The first-order chi connectivity index (χ1) is 9.01. The standard InChI is InChI=1S/C11H16N6O2/c1-6(2)17-9(4-8(16-17)18-3)19-7-5-14-11(13)15-10(7)12/h4-6H,1-3H3,(H4,12,13,14,15). The molecule has 0 aromatic carbocycles. The van der Waals surface area contributed by atoms with E-state index >= 15 is 0 Å². The van der Waals surface area contributed by atoms with Crippen molar-refractivity contribution in [3.8, 4) is 17.5 Å². The normalized spacial score (nSPS) is 10.7. The zero-order valence-electron chi connectivity index (χ0n) is 11.0. The monoisotopic (exact) mass is 264 g/mol. The average molecular weight is 264 g/mol. The molecule has 2 aromatic rings. The van der Waals surface area contributed by atoms with Gasteiger partial charge in [0.2, 0.25) is 17.7 Å². The third kappa shape index (κ3) is 2.67. The van der Waals surface area contributed by atoms with Gasteiger partial charge in [0.25, 0.3) is 0 Å². The van der Waals surface area contributed by atoms with E-state index in [9.17, 15) is 0 Å². The minimum atomic E-state index is 0.0970. The number of nitrogens with zero attached hydrogens (tertiary/aromatic N) is 4. The Morgan fingerprint density at radius 3 is 2.63 bits per heavy atom. The Balaban J connectivity index is 2.34. The van der Waals surface area contributed by atoms with Crippen LogP contribution in [0.4, 0.5) is 11.8 Å². The number of rotatable bonds is 4. The lowest BCUT2D eigenvalue weighted by Gasteiger charge is -2.11. The number of methoxy groups -OCH3 is 1. The molecule has 0 saturated carbocycles. The van der Waals surface area contributed by atoms with E-state index in [1.807, 2.05) is 13.8 Å². The molecule has 102 valence electrons. The van der Waals surface area contributed by atoms with Crippen LogP contribution in [-0.2, 0) is 0 Å². The highest BCUT2D eigenvalue weighted by Crippen LogP contribution is 2.30. The molecule has 0 amide bonds. The van der Waals surface area contributed by atoms with Crippen LogP contribution in [0.1, 0.15) is 19.9 Å². The van der Waals surface area contributed by atoms with Crippen LogP contribution in [-0.4, -0.2) is 26.9 Å². The molecular formula is C11H16N6O2. The van der Waals surface area contributed by atoms with Crippen LogP contribution in [0.2, 0.25) is 0 Å². The lowest BCUT2D eigenvalue weighted by Crippen LogP contribution is -2.07. The van der Waals surface area contributed by atoms with Gasteiger partial charge in [-0.15, -0.1) is 5.10 Å². The second-order valence-corrected chi connectivity index (χ2v) is 4.14. The van der Waals surface area contributed by atoms with Gasteiger partial charge >= 0.3 is 0 Å². The predicted molar refractivity (Wildman–Crippen MR) is 70.1 cm³/mol. The van der Waals surface area contributed by atoms with Crippen LogP contribution in [0.15, 0.2) is 12.3 Å². The fourth-order valence-corrected chi connectivity index (χ4v) is 1.49. The van der Waals surface area contributed by atoms with Gasteiger partial charge in [-0.1, -0.05) is 0 Å². The largest absolute Gasteiger partial charge is 0.480 e. The number of anilines is 2. The molecule has 0 unspecified atom stereocenters. The number of hydrogen-bond acceptors (Lipinski definition) is 7. The van der Waals surface area contributed by atoms with E-state index in [1.54, 1.807) is 10.7 Å². The Hall–Kier alpha value is -2.51. The summed E-state index contributed by atoms with van der Waals surface area (Å²) in [4.78, 5) is 7.67. The van der Waals surface area contributed by atoms with Crippen LogP contribution >= 0.6 is 0 Å². The van der Waals surface area contributed by atoms with E-state index in [0.29, 0.717) is 17.5 Å². The Morgan fingerprint density at radius 1 is 1.32 bits per heavy atom. The summed E-state index contributed by atoms with van der Waals surface area (Å²) in [6.07, 6.45) is 1.42. The molecule has 2 heterocycles. The van der Waals surface area contributed by atoms with E-state index < -0.39 is 0 Å². The molecule has 0 aliphatic rings. The number of nitrogens with two attached hydrogens (primary N) is 2. The van der Waals surface area contributed by atoms with Crippen LogP contribution < -0.4 is 20.9 Å². The van der Waals surface area contributed by atoms with Gasteiger partial charge < -0.3 is 20.9 Å². The van der Waals surface area contributed by atoms with Crippen molar-refractivity contribution < 1.29 is 9.47 Å². The second kappa shape index (κ2) is 5.01. The summed E-state index contributed by atoms with van der Waals surface area (Å²) in [5.41, 5.74) is 11.1. The fraction of sp³-hybridized carbons (Fsp3) is 0.364. The maximum absolute atomic E-state index is 5.72. The molecule has 4 N–H and O–H groups in total. The summed E-state index contributed by atoms with van der Waals surface area (Å²) in [5, 5.41) is 4.23. The van der Waals surface area contributed by atoms with Gasteiger partial charge in [0.05, 0.1) is 25.4 Å². The molecule has 8 nitrogen and oxygen atoms in total. The van der Waals surface area contributed by atoms with E-state index in [0.717, 1.165) is 0 Å². The molecule has 0 fully saturated rings. The van der Waals surface area contributed by atoms with Crippen molar-refractivity contribution in [2.45, 2.75) is 19.9 Å². The van der Waals surface area contributed by atoms with Gasteiger partial charge in [-0.05, 0) is 13.8 Å². The van der Waals surface area contributed by atoms with Crippen molar-refractivity contribution in [1.29, 1.82) is 0 Å². The summed E-state index contributed by atoms with van der Waals surface area (Å²) in [5.74, 6) is 1.53. The van der Waals surface area contributed by atoms with Crippen molar-refractivity contribution in [1.82, 2.24) is 19.7 Å². The Labute approximate surface area is 110 Å². The molecule has 0 aliphatic heterocycles. The van der Waals surface area contributed by atoms with Crippen LogP contribution in [0, 0.1) is 0 Å². The van der Waals surface area contributed by atoms with E-state index in [-0.39, 0.29) is 17.8 Å². The third-order valence-electron chi connectivity index (χ3n) is 2.39. The molecule has 0 atom stereocenters. The van der Waals surface area contributed by atoms with Gasteiger partial charge in [0, 0.05) is 0 Å². The average Bonchev–Trinajstić information content (AvgIpc) is 2.76. The fourth-order valence-electron chi connectivity index (χ4n) is 1.49. The summed E-state index contributed by atoms with van der Waals surface area (Å²) in [6.45, 7) is 3.95. The second-order valence-electron chi connectivity index (χ2n) is 4.14. The third-order valence-corrected chi connectivity index (χ3v) is 2.39. The molecule has 19 heavy (non-hydrogen) atoms. The van der Waals surface area contributed by atoms with Crippen LogP contribution in [0.25, 0.3) is 0 Å². The van der Waals surface area contributed by atoms with Crippen molar-refractivity contribution in [3.05, 3.63) is 12.3 Å². The lowest BCUT2D eigenvalue weighted by atomic mass is 10.4. The molecule has 0 saturated heterocycles. The van der Waals surface area contributed by atoms with Crippen LogP contribution in [0.5, 0.6) is 17.5 Å². The SMILES string of the molecule is COc1cc(Oc2cnc(N)nc2N)n(C(C)C)n1. The topological polar surface area (TPSA) is 114 Å². The minimum absolute atomic E-state index is 0.0970. The molecule has 0 radical (unpaired) electrons. The highest BCUT2D eigenvalue weighted by Gasteiger charge is 2.15. The Bertz CT molecular complexity index is 581. The number of aromatic nitrogens is 4. The molecule has 0 aliphatic carbocycles. The molecule has 0 bridgehead atoms. The van der Waals surface area contributed by atoms with E-state index in [1.165, 1.54) is 13.3 Å². The summed E-state index contributed by atoms with van der Waals surface area (Å²) >= 11 is 0. The van der Waals surface area contributed by atoms with Crippen molar-refractivity contribution in [2.24, 2.45) is 0 Å². The molecule has 2 rings (SSSR count). The molecule has 2 aromatic heterocycles. The van der Waals surface area contributed by atoms with Gasteiger partial charge in [0.15, 0.2) is 11.6 Å². The maximum Gasteiger partial charge on any atom is 0.236 e. The van der Waals surface area contributed by atoms with Crippen molar-refractivity contribution in [2.75, 3.05) is 18.6 Å². The molecule has 8 heteroatoms.